The molecule has 1 atom stereocenters. The summed E-state index contributed by atoms with van der Waals surface area (Å²) in [6.45, 7) is 10.9. The van der Waals surface area contributed by atoms with Gasteiger partial charge in [-0.1, -0.05) is 6.07 Å². The van der Waals surface area contributed by atoms with Gasteiger partial charge >= 0.3 is 6.09 Å². The first kappa shape index (κ1) is 17.7. The van der Waals surface area contributed by atoms with Gasteiger partial charge in [0, 0.05) is 44.5 Å². The van der Waals surface area contributed by atoms with E-state index in [1.54, 1.807) is 4.90 Å². The molecule has 1 aromatic rings. The van der Waals surface area contributed by atoms with Crippen LogP contribution in [0, 0.1) is 6.92 Å². The minimum Gasteiger partial charge on any atom is -0.444 e. The molecular weight excluding hydrogens is 292 g/mol. The summed E-state index contributed by atoms with van der Waals surface area (Å²) in [5.74, 6) is 0. The van der Waals surface area contributed by atoms with E-state index in [4.69, 9.17) is 10.5 Å². The highest BCUT2D eigenvalue weighted by Gasteiger charge is 2.31. The summed E-state index contributed by atoms with van der Waals surface area (Å²) in [4.78, 5) is 20.8. The Bertz CT molecular complexity index is 542. The van der Waals surface area contributed by atoms with Gasteiger partial charge in [0.05, 0.1) is 5.69 Å². The summed E-state index contributed by atoms with van der Waals surface area (Å²) < 4.78 is 5.45. The third-order valence-corrected chi connectivity index (χ3v) is 3.84. The van der Waals surface area contributed by atoms with Crippen molar-refractivity contribution in [1.29, 1.82) is 0 Å². The minimum absolute atomic E-state index is 0.124. The van der Waals surface area contributed by atoms with Gasteiger partial charge in [-0.15, -0.1) is 0 Å². The average molecular weight is 320 g/mol. The van der Waals surface area contributed by atoms with Gasteiger partial charge in [0.15, 0.2) is 0 Å². The lowest BCUT2D eigenvalue weighted by atomic mass is 10.1. The summed E-state index contributed by atoms with van der Waals surface area (Å²) in [7, 11) is 0. The lowest BCUT2D eigenvalue weighted by Crippen LogP contribution is -2.57. The number of rotatable bonds is 3. The zero-order chi connectivity index (χ0) is 17.0. The van der Waals surface area contributed by atoms with Crippen molar-refractivity contribution in [3.8, 4) is 0 Å². The Morgan fingerprint density at radius 1 is 1.39 bits per heavy atom. The van der Waals surface area contributed by atoms with Crippen LogP contribution in [0.3, 0.4) is 0 Å². The summed E-state index contributed by atoms with van der Waals surface area (Å²) in [5.41, 5.74) is 7.50. The van der Waals surface area contributed by atoms with Crippen molar-refractivity contribution in [3.63, 3.8) is 0 Å². The van der Waals surface area contributed by atoms with Gasteiger partial charge < -0.3 is 15.4 Å². The number of piperazine rings is 1. The van der Waals surface area contributed by atoms with Crippen LogP contribution in [0.4, 0.5) is 4.79 Å². The molecule has 0 aromatic carbocycles. The van der Waals surface area contributed by atoms with Gasteiger partial charge in [0.25, 0.3) is 0 Å². The van der Waals surface area contributed by atoms with Gasteiger partial charge in [0.2, 0.25) is 0 Å². The maximum absolute atomic E-state index is 12.2. The van der Waals surface area contributed by atoms with E-state index in [9.17, 15) is 4.79 Å². The maximum atomic E-state index is 12.2. The number of nitrogens with two attached hydrogens (primary N) is 1. The predicted molar refractivity (Wildman–Crippen MR) is 90.0 cm³/mol. The zero-order valence-corrected chi connectivity index (χ0v) is 14.6. The van der Waals surface area contributed by atoms with Crippen molar-refractivity contribution in [2.24, 2.45) is 5.73 Å². The van der Waals surface area contributed by atoms with Gasteiger partial charge in [-0.3, -0.25) is 9.88 Å². The fourth-order valence-corrected chi connectivity index (χ4v) is 2.71. The van der Waals surface area contributed by atoms with E-state index in [2.05, 4.69) is 9.88 Å². The van der Waals surface area contributed by atoms with E-state index in [-0.39, 0.29) is 12.1 Å². The fourth-order valence-electron chi connectivity index (χ4n) is 2.71. The zero-order valence-electron chi connectivity index (χ0n) is 14.6. The van der Waals surface area contributed by atoms with Crippen LogP contribution in [-0.4, -0.2) is 58.7 Å². The number of carbonyl (C=O) groups excluding carboxylic acids is 1. The van der Waals surface area contributed by atoms with Crippen molar-refractivity contribution < 1.29 is 9.53 Å². The molecule has 0 radical (unpaired) electrons. The maximum Gasteiger partial charge on any atom is 0.410 e. The molecule has 2 rings (SSSR count). The number of hydrogen-bond donors (Lipinski definition) is 1. The number of carbonyl (C=O) groups is 1. The minimum atomic E-state index is -0.474. The lowest BCUT2D eigenvalue weighted by molar-refractivity contribution is 0.00336. The molecule has 0 bridgehead atoms. The smallest absolute Gasteiger partial charge is 0.410 e. The molecule has 2 heterocycles. The molecule has 6 nitrogen and oxygen atoms in total. The molecule has 1 aliphatic heterocycles. The van der Waals surface area contributed by atoms with Crippen LogP contribution in [0.5, 0.6) is 0 Å². The van der Waals surface area contributed by atoms with Crippen LogP contribution in [0.1, 0.15) is 32.2 Å². The standard InChI is InChI=1S/C17H28N4O2/c1-13-6-5-7-14(19-13)11-20-8-9-21(12-15(20)10-18)16(22)23-17(2,3)4/h5-7,15H,8-12,18H2,1-4H3. The molecular formula is C17H28N4O2. The van der Waals surface area contributed by atoms with Crippen LogP contribution < -0.4 is 5.73 Å². The lowest BCUT2D eigenvalue weighted by Gasteiger charge is -2.41. The number of aromatic nitrogens is 1. The first-order valence-corrected chi connectivity index (χ1v) is 8.13. The van der Waals surface area contributed by atoms with E-state index in [1.165, 1.54) is 0 Å². The van der Waals surface area contributed by atoms with Crippen LogP contribution in [-0.2, 0) is 11.3 Å². The highest BCUT2D eigenvalue weighted by Crippen LogP contribution is 2.16. The number of nitrogens with zero attached hydrogens (tertiary/aromatic N) is 3. The largest absolute Gasteiger partial charge is 0.444 e. The van der Waals surface area contributed by atoms with Crippen LogP contribution in [0.2, 0.25) is 0 Å². The third kappa shape index (κ3) is 5.18. The van der Waals surface area contributed by atoms with Gasteiger partial charge in [-0.25, -0.2) is 4.79 Å². The van der Waals surface area contributed by atoms with Crippen LogP contribution in [0.15, 0.2) is 18.2 Å². The molecule has 23 heavy (non-hydrogen) atoms. The van der Waals surface area contributed by atoms with Crippen LogP contribution in [0.25, 0.3) is 0 Å². The Hall–Kier alpha value is -1.66. The summed E-state index contributed by atoms with van der Waals surface area (Å²) in [6, 6.07) is 6.16. The molecule has 0 saturated carbocycles. The normalized spacial score (nSPS) is 19.7. The molecule has 128 valence electrons. The second-order valence-corrected chi connectivity index (χ2v) is 7.06. The Kier molecular flexibility index (Phi) is 5.59. The summed E-state index contributed by atoms with van der Waals surface area (Å²) in [5, 5.41) is 0. The molecule has 1 fully saturated rings. The highest BCUT2D eigenvalue weighted by atomic mass is 16.6. The molecule has 1 aromatic heterocycles. The Morgan fingerprint density at radius 3 is 2.74 bits per heavy atom. The Labute approximate surface area is 138 Å². The number of aryl methyl sites for hydroxylation is 1. The predicted octanol–water partition coefficient (Wildman–Crippen LogP) is 1.77. The number of hydrogen-bond acceptors (Lipinski definition) is 5. The first-order chi connectivity index (χ1) is 10.8. The number of amides is 1. The topological polar surface area (TPSA) is 71.7 Å². The molecule has 1 unspecified atom stereocenters. The second-order valence-electron chi connectivity index (χ2n) is 7.06. The van der Waals surface area contributed by atoms with E-state index in [0.717, 1.165) is 24.5 Å². The van der Waals surface area contributed by atoms with Crippen molar-refractivity contribution >= 4 is 6.09 Å². The molecule has 1 amide bonds. The number of pyridine rings is 1. The SMILES string of the molecule is Cc1cccc(CN2CCN(C(=O)OC(C)(C)C)CC2CN)n1. The average Bonchev–Trinajstić information content (AvgIpc) is 2.46. The molecule has 1 aliphatic rings. The van der Waals surface area contributed by atoms with Crippen molar-refractivity contribution in [3.05, 3.63) is 29.6 Å². The van der Waals surface area contributed by atoms with Crippen molar-refractivity contribution in [1.82, 2.24) is 14.8 Å². The van der Waals surface area contributed by atoms with E-state index >= 15 is 0 Å². The number of ether oxygens (including phenoxy) is 1. The Morgan fingerprint density at radius 2 is 2.13 bits per heavy atom. The van der Waals surface area contributed by atoms with Gasteiger partial charge in [0.1, 0.15) is 5.60 Å². The van der Waals surface area contributed by atoms with E-state index < -0.39 is 5.60 Å². The third-order valence-electron chi connectivity index (χ3n) is 3.84. The Balaban J connectivity index is 1.97. The van der Waals surface area contributed by atoms with E-state index in [0.29, 0.717) is 19.6 Å². The van der Waals surface area contributed by atoms with Gasteiger partial charge in [-0.05, 0) is 39.8 Å². The van der Waals surface area contributed by atoms with Crippen LogP contribution >= 0.6 is 0 Å². The first-order valence-electron chi connectivity index (χ1n) is 8.13. The highest BCUT2D eigenvalue weighted by molar-refractivity contribution is 5.68. The molecule has 0 spiro atoms. The van der Waals surface area contributed by atoms with Crippen molar-refractivity contribution in [2.75, 3.05) is 26.2 Å². The fraction of sp³-hybridized carbons (Fsp3) is 0.647. The molecule has 1 saturated heterocycles. The molecule has 6 heteroatoms. The second kappa shape index (κ2) is 7.27. The monoisotopic (exact) mass is 320 g/mol. The quantitative estimate of drug-likeness (QED) is 0.919. The van der Waals surface area contributed by atoms with Crippen molar-refractivity contribution in [2.45, 2.75) is 45.9 Å². The molecule has 2 N–H and O–H groups in total. The summed E-state index contributed by atoms with van der Waals surface area (Å²) in [6.07, 6.45) is -0.260. The molecule has 0 aliphatic carbocycles. The van der Waals surface area contributed by atoms with E-state index in [1.807, 2.05) is 45.9 Å². The van der Waals surface area contributed by atoms with Gasteiger partial charge in [-0.2, -0.15) is 0 Å². The summed E-state index contributed by atoms with van der Waals surface area (Å²) >= 11 is 0.